The summed E-state index contributed by atoms with van der Waals surface area (Å²) in [4.78, 5) is 27.9. The van der Waals surface area contributed by atoms with Crippen LogP contribution in [-0.4, -0.2) is 62.6 Å². The number of pyridine rings is 1. The van der Waals surface area contributed by atoms with Crippen LogP contribution in [0.4, 0.5) is 11.6 Å². The van der Waals surface area contributed by atoms with Gasteiger partial charge in [-0.25, -0.2) is 19.7 Å². The molecule has 0 saturated heterocycles. The summed E-state index contributed by atoms with van der Waals surface area (Å²) in [6, 6.07) is 11.9. The van der Waals surface area contributed by atoms with Crippen molar-refractivity contribution in [3.8, 4) is 0 Å². The number of para-hydroxylation sites is 1. The second kappa shape index (κ2) is 11.0. The highest BCUT2D eigenvalue weighted by atomic mass is 16.4. The van der Waals surface area contributed by atoms with E-state index in [1.165, 1.54) is 31.2 Å². The van der Waals surface area contributed by atoms with Gasteiger partial charge in [0.15, 0.2) is 0 Å². The van der Waals surface area contributed by atoms with Gasteiger partial charge in [0.2, 0.25) is 0 Å². The number of aromatic nitrogens is 3. The van der Waals surface area contributed by atoms with Gasteiger partial charge in [-0.1, -0.05) is 18.2 Å². The number of unbranched alkanes of at least 4 members (excludes halogenated alkanes) is 1. The predicted octanol–water partition coefficient (Wildman–Crippen LogP) is 4.13. The average molecular weight is 475 g/mol. The van der Waals surface area contributed by atoms with Crippen molar-refractivity contribution in [3.63, 3.8) is 0 Å². The van der Waals surface area contributed by atoms with Crippen molar-refractivity contribution < 1.29 is 9.90 Å². The molecule has 5 rings (SSSR count). The van der Waals surface area contributed by atoms with Crippen LogP contribution < -0.4 is 10.6 Å². The first-order chi connectivity index (χ1) is 17.2. The van der Waals surface area contributed by atoms with Crippen LogP contribution in [0.15, 0.2) is 42.7 Å². The number of fused-ring (bicyclic) bond motifs is 2. The number of nitrogens with zero attached hydrogens (tertiary/aromatic N) is 4. The molecule has 0 radical (unpaired) electrons. The lowest BCUT2D eigenvalue weighted by Gasteiger charge is -2.24. The van der Waals surface area contributed by atoms with Crippen molar-refractivity contribution in [2.75, 3.05) is 30.3 Å². The van der Waals surface area contributed by atoms with E-state index in [0.717, 1.165) is 67.7 Å². The lowest BCUT2D eigenvalue weighted by Crippen LogP contribution is -2.36. The molecule has 8 heteroatoms. The summed E-state index contributed by atoms with van der Waals surface area (Å²) in [5.74, 6) is 0.792. The van der Waals surface area contributed by atoms with Crippen LogP contribution >= 0.6 is 0 Å². The smallest absolute Gasteiger partial charge is 0.326 e. The maximum Gasteiger partial charge on any atom is 0.326 e. The fraction of sp³-hybridized carbons (Fsp3) is 0.481. The number of aryl methyl sites for hydroxylation is 2. The quantitative estimate of drug-likeness (QED) is 0.337. The Bertz CT molecular complexity index is 1160. The predicted molar refractivity (Wildman–Crippen MR) is 138 cm³/mol. The zero-order valence-electron chi connectivity index (χ0n) is 20.1. The van der Waals surface area contributed by atoms with Crippen LogP contribution in [0.5, 0.6) is 0 Å². The summed E-state index contributed by atoms with van der Waals surface area (Å²) in [7, 11) is 0. The van der Waals surface area contributed by atoms with Gasteiger partial charge in [0.05, 0.1) is 5.52 Å². The molecule has 3 N–H and O–H groups in total. The van der Waals surface area contributed by atoms with E-state index in [1.54, 1.807) is 0 Å². The highest BCUT2D eigenvalue weighted by molar-refractivity contribution is 5.90. The number of nitrogens with one attached hydrogen (secondary N) is 2. The van der Waals surface area contributed by atoms with E-state index in [4.69, 9.17) is 4.98 Å². The lowest BCUT2D eigenvalue weighted by atomic mass is 10.1. The third-order valence-corrected chi connectivity index (χ3v) is 7.00. The molecule has 1 aliphatic heterocycles. The standard InChI is InChI=1S/C27H34N6O2/c34-27(35)24(32-26-22-8-1-2-9-23(22)29-18-30-26)14-17-33(21-12-13-21)16-4-3-7-20-11-10-19-6-5-15-28-25(19)31-20/h1-2,8-11,18,21,24H,3-7,12-17H2,(H,28,31)(H,34,35)(H,29,30,32)/t24-/m0/s1. The molecule has 1 aliphatic carbocycles. The van der Waals surface area contributed by atoms with E-state index < -0.39 is 12.0 Å². The monoisotopic (exact) mass is 474 g/mol. The normalized spacial score (nSPS) is 16.0. The minimum atomic E-state index is -0.851. The van der Waals surface area contributed by atoms with E-state index >= 15 is 0 Å². The molecule has 0 amide bonds. The molecule has 1 fully saturated rings. The van der Waals surface area contributed by atoms with Gasteiger partial charge in [-0.2, -0.15) is 0 Å². The highest BCUT2D eigenvalue weighted by Gasteiger charge is 2.30. The lowest BCUT2D eigenvalue weighted by molar-refractivity contribution is -0.138. The molecule has 2 aliphatic rings. The van der Waals surface area contributed by atoms with Crippen LogP contribution in [-0.2, 0) is 17.6 Å². The van der Waals surface area contributed by atoms with Crippen LogP contribution in [0.25, 0.3) is 10.9 Å². The van der Waals surface area contributed by atoms with Gasteiger partial charge in [0.25, 0.3) is 0 Å². The Balaban J connectivity index is 1.13. The third kappa shape index (κ3) is 6.06. The number of rotatable bonds is 12. The van der Waals surface area contributed by atoms with Crippen molar-refractivity contribution in [1.29, 1.82) is 0 Å². The molecule has 2 aromatic heterocycles. The molecule has 0 spiro atoms. The van der Waals surface area contributed by atoms with Crippen molar-refractivity contribution in [3.05, 3.63) is 54.0 Å². The number of hydrogen-bond donors (Lipinski definition) is 3. The molecule has 8 nitrogen and oxygen atoms in total. The maximum absolute atomic E-state index is 12.0. The van der Waals surface area contributed by atoms with Crippen molar-refractivity contribution in [1.82, 2.24) is 19.9 Å². The number of carboxylic acids is 1. The van der Waals surface area contributed by atoms with Gasteiger partial charge in [0, 0.05) is 30.2 Å². The number of carboxylic acid groups (broad SMARTS) is 1. The zero-order valence-corrected chi connectivity index (χ0v) is 20.1. The van der Waals surface area contributed by atoms with E-state index in [0.29, 0.717) is 18.3 Å². The molecule has 35 heavy (non-hydrogen) atoms. The molecule has 1 aromatic carbocycles. The van der Waals surface area contributed by atoms with E-state index in [9.17, 15) is 9.90 Å². The second-order valence-corrected chi connectivity index (χ2v) is 9.63. The fourth-order valence-electron chi connectivity index (χ4n) is 4.88. The molecular formula is C27H34N6O2. The Morgan fingerprint density at radius 2 is 2.03 bits per heavy atom. The second-order valence-electron chi connectivity index (χ2n) is 9.63. The van der Waals surface area contributed by atoms with Crippen molar-refractivity contribution in [2.24, 2.45) is 0 Å². The Hall–Kier alpha value is -3.26. The summed E-state index contributed by atoms with van der Waals surface area (Å²) >= 11 is 0. The summed E-state index contributed by atoms with van der Waals surface area (Å²) < 4.78 is 0. The molecule has 0 unspecified atom stereocenters. The maximum atomic E-state index is 12.0. The number of anilines is 2. The van der Waals surface area contributed by atoms with Gasteiger partial charge in [-0.3, -0.25) is 0 Å². The largest absolute Gasteiger partial charge is 0.480 e. The summed E-state index contributed by atoms with van der Waals surface area (Å²) in [5, 5.41) is 17.3. The Kier molecular flexibility index (Phi) is 7.37. The molecule has 1 saturated carbocycles. The number of carbonyl (C=O) groups is 1. The van der Waals surface area contributed by atoms with Gasteiger partial charge in [-0.05, 0) is 81.7 Å². The summed E-state index contributed by atoms with van der Waals surface area (Å²) in [6.45, 7) is 2.77. The number of aliphatic carboxylic acids is 1. The first-order valence-corrected chi connectivity index (χ1v) is 12.8. The highest BCUT2D eigenvalue weighted by Crippen LogP contribution is 2.28. The Morgan fingerprint density at radius 3 is 2.89 bits per heavy atom. The van der Waals surface area contributed by atoms with Crippen LogP contribution in [0.1, 0.15) is 49.8 Å². The number of benzene rings is 1. The van der Waals surface area contributed by atoms with Crippen LogP contribution in [0.3, 0.4) is 0 Å². The van der Waals surface area contributed by atoms with E-state index in [2.05, 4.69) is 37.6 Å². The molecule has 184 valence electrons. The fourth-order valence-corrected chi connectivity index (χ4v) is 4.88. The first-order valence-electron chi connectivity index (χ1n) is 12.8. The van der Waals surface area contributed by atoms with Gasteiger partial charge in [-0.15, -0.1) is 0 Å². The Labute approximate surface area is 206 Å². The molecule has 3 heterocycles. The average Bonchev–Trinajstić information content (AvgIpc) is 3.73. The van der Waals surface area contributed by atoms with Crippen molar-refractivity contribution in [2.45, 2.75) is 63.5 Å². The zero-order chi connectivity index (χ0) is 24.0. The first kappa shape index (κ1) is 23.5. The molecule has 0 bridgehead atoms. The molecular weight excluding hydrogens is 440 g/mol. The van der Waals surface area contributed by atoms with Gasteiger partial charge < -0.3 is 20.6 Å². The summed E-state index contributed by atoms with van der Waals surface area (Å²) in [6.07, 6.45) is 9.88. The minimum absolute atomic E-state index is 0.530. The molecule has 1 atom stereocenters. The number of hydrogen-bond acceptors (Lipinski definition) is 7. The topological polar surface area (TPSA) is 103 Å². The van der Waals surface area contributed by atoms with E-state index in [-0.39, 0.29) is 0 Å². The summed E-state index contributed by atoms with van der Waals surface area (Å²) in [5.41, 5.74) is 3.29. The van der Waals surface area contributed by atoms with Crippen LogP contribution in [0, 0.1) is 0 Å². The molecule has 3 aromatic rings. The third-order valence-electron chi connectivity index (χ3n) is 7.00. The van der Waals surface area contributed by atoms with Crippen molar-refractivity contribution >= 4 is 28.5 Å². The van der Waals surface area contributed by atoms with Gasteiger partial charge >= 0.3 is 5.97 Å². The Morgan fingerprint density at radius 1 is 1.14 bits per heavy atom. The minimum Gasteiger partial charge on any atom is -0.480 e. The van der Waals surface area contributed by atoms with E-state index in [1.807, 2.05) is 24.3 Å². The van der Waals surface area contributed by atoms with Gasteiger partial charge in [0.1, 0.15) is 24.0 Å². The van der Waals surface area contributed by atoms with Crippen LogP contribution in [0.2, 0.25) is 0 Å². The SMILES string of the molecule is O=C(O)[C@H](CCN(CCCCc1ccc2c(n1)NCCC2)C1CC1)Nc1ncnc2ccccc12.